The van der Waals surface area contributed by atoms with Gasteiger partial charge >= 0.3 is 6.09 Å². The molecule has 1 amide bonds. The van der Waals surface area contributed by atoms with Crippen LogP contribution in [0, 0.1) is 5.82 Å². The quantitative estimate of drug-likeness (QED) is 0.862. The van der Waals surface area contributed by atoms with Crippen LogP contribution in [0.25, 0.3) is 0 Å². The lowest BCUT2D eigenvalue weighted by Gasteiger charge is -2.16. The minimum Gasteiger partial charge on any atom is -0.445 e. The van der Waals surface area contributed by atoms with E-state index in [0.717, 1.165) is 5.56 Å². The summed E-state index contributed by atoms with van der Waals surface area (Å²) in [5, 5.41) is 11.9. The van der Waals surface area contributed by atoms with Gasteiger partial charge in [0, 0.05) is 0 Å². The highest BCUT2D eigenvalue weighted by Gasteiger charge is 2.13. The third-order valence-electron chi connectivity index (χ3n) is 3.13. The first kappa shape index (κ1) is 16.0. The molecule has 4 nitrogen and oxygen atoms in total. The highest BCUT2D eigenvalue weighted by molar-refractivity contribution is 5.67. The molecule has 0 aromatic heterocycles. The Morgan fingerprint density at radius 3 is 2.55 bits per heavy atom. The average molecular weight is 303 g/mol. The molecule has 0 aliphatic rings. The molecule has 5 heteroatoms. The van der Waals surface area contributed by atoms with E-state index in [9.17, 15) is 14.3 Å². The van der Waals surface area contributed by atoms with Crippen molar-refractivity contribution >= 4 is 6.09 Å². The number of aliphatic hydroxyl groups is 1. The van der Waals surface area contributed by atoms with E-state index in [0.29, 0.717) is 12.0 Å². The number of rotatable bonds is 6. The molecular weight excluding hydrogens is 285 g/mol. The topological polar surface area (TPSA) is 58.6 Å². The Labute approximate surface area is 128 Å². The highest BCUT2D eigenvalue weighted by Crippen LogP contribution is 2.07. The van der Waals surface area contributed by atoms with Crippen molar-refractivity contribution in [2.24, 2.45) is 0 Å². The summed E-state index contributed by atoms with van der Waals surface area (Å²) < 4.78 is 18.2. The number of nitrogens with one attached hydrogen (secondary N) is 1. The van der Waals surface area contributed by atoms with E-state index in [1.54, 1.807) is 12.1 Å². The molecule has 2 aromatic rings. The number of alkyl carbamates (subject to hydrolysis) is 1. The Morgan fingerprint density at radius 1 is 1.14 bits per heavy atom. The molecule has 2 aromatic carbocycles. The maximum atomic E-state index is 13.1. The number of hydrogen-bond donors (Lipinski definition) is 2. The summed E-state index contributed by atoms with van der Waals surface area (Å²) in [6.07, 6.45) is -0.284. The molecule has 0 bridgehead atoms. The van der Waals surface area contributed by atoms with Gasteiger partial charge in [-0.25, -0.2) is 9.18 Å². The van der Waals surface area contributed by atoms with Crippen LogP contribution in [-0.2, 0) is 17.8 Å². The lowest BCUT2D eigenvalue weighted by atomic mass is 10.1. The molecule has 22 heavy (non-hydrogen) atoms. The number of ether oxygens (including phenoxy) is 1. The smallest absolute Gasteiger partial charge is 0.407 e. The van der Waals surface area contributed by atoms with Crippen molar-refractivity contribution in [3.05, 3.63) is 71.5 Å². The van der Waals surface area contributed by atoms with Gasteiger partial charge in [-0.1, -0.05) is 42.5 Å². The van der Waals surface area contributed by atoms with E-state index in [1.807, 2.05) is 30.3 Å². The normalized spacial score (nSPS) is 11.7. The molecule has 2 N–H and O–H groups in total. The number of aliphatic hydroxyl groups excluding tert-OH is 1. The van der Waals surface area contributed by atoms with Crippen LogP contribution in [0.5, 0.6) is 0 Å². The third-order valence-corrected chi connectivity index (χ3v) is 3.13. The van der Waals surface area contributed by atoms with Gasteiger partial charge in [0.2, 0.25) is 0 Å². The standard InChI is InChI=1S/C17H18FNO3/c18-15-8-4-7-14(9-15)10-16(11-20)19-17(21)22-12-13-5-2-1-3-6-13/h1-9,16,20H,10-12H2,(H,19,21)/t16-/m0/s1. The summed E-state index contributed by atoms with van der Waals surface area (Å²) in [6.45, 7) is -0.0955. The van der Waals surface area contributed by atoms with Crippen molar-refractivity contribution in [1.82, 2.24) is 5.32 Å². The molecule has 0 fully saturated rings. The van der Waals surface area contributed by atoms with Crippen LogP contribution in [0.15, 0.2) is 54.6 Å². The molecule has 0 radical (unpaired) electrons. The summed E-state index contributed by atoms with van der Waals surface area (Å²) in [5.74, 6) is -0.346. The maximum Gasteiger partial charge on any atom is 0.407 e. The molecule has 0 saturated heterocycles. The van der Waals surface area contributed by atoms with Gasteiger partial charge in [-0.3, -0.25) is 0 Å². The van der Waals surface area contributed by atoms with Gasteiger partial charge in [-0.05, 0) is 29.7 Å². The predicted octanol–water partition coefficient (Wildman–Crippen LogP) is 2.66. The van der Waals surface area contributed by atoms with Crippen molar-refractivity contribution in [3.8, 4) is 0 Å². The summed E-state index contributed by atoms with van der Waals surface area (Å²) in [6, 6.07) is 14.8. The number of carbonyl (C=O) groups is 1. The molecule has 0 heterocycles. The lowest BCUT2D eigenvalue weighted by Crippen LogP contribution is -2.39. The Kier molecular flexibility index (Phi) is 5.91. The SMILES string of the molecule is O=C(N[C@H](CO)Cc1cccc(F)c1)OCc1ccccc1. The van der Waals surface area contributed by atoms with Crippen molar-refractivity contribution < 1.29 is 19.0 Å². The van der Waals surface area contributed by atoms with Crippen molar-refractivity contribution in [1.29, 1.82) is 0 Å². The molecule has 0 aliphatic carbocycles. The molecule has 0 spiro atoms. The van der Waals surface area contributed by atoms with E-state index in [2.05, 4.69) is 5.32 Å². The second-order valence-electron chi connectivity index (χ2n) is 4.92. The zero-order chi connectivity index (χ0) is 15.8. The van der Waals surface area contributed by atoms with Crippen LogP contribution in [0.4, 0.5) is 9.18 Å². The van der Waals surface area contributed by atoms with Gasteiger partial charge in [0.25, 0.3) is 0 Å². The van der Waals surface area contributed by atoms with Crippen LogP contribution in [0.2, 0.25) is 0 Å². The fourth-order valence-electron chi connectivity index (χ4n) is 2.04. The fourth-order valence-corrected chi connectivity index (χ4v) is 2.04. The zero-order valence-corrected chi connectivity index (χ0v) is 12.0. The van der Waals surface area contributed by atoms with E-state index in [-0.39, 0.29) is 19.0 Å². The molecular formula is C17H18FNO3. The van der Waals surface area contributed by atoms with Gasteiger partial charge < -0.3 is 15.2 Å². The monoisotopic (exact) mass is 303 g/mol. The Bertz CT molecular complexity index is 604. The van der Waals surface area contributed by atoms with Gasteiger partial charge in [0.1, 0.15) is 12.4 Å². The van der Waals surface area contributed by atoms with Crippen molar-refractivity contribution in [2.75, 3.05) is 6.61 Å². The molecule has 1 atom stereocenters. The first-order chi connectivity index (χ1) is 10.7. The number of benzene rings is 2. The van der Waals surface area contributed by atoms with Gasteiger partial charge in [-0.2, -0.15) is 0 Å². The molecule has 0 saturated carbocycles. The van der Waals surface area contributed by atoms with Gasteiger partial charge in [-0.15, -0.1) is 0 Å². The largest absolute Gasteiger partial charge is 0.445 e. The van der Waals surface area contributed by atoms with Crippen LogP contribution in [-0.4, -0.2) is 23.8 Å². The first-order valence-electron chi connectivity index (χ1n) is 7.00. The van der Waals surface area contributed by atoms with E-state index in [1.165, 1.54) is 12.1 Å². The van der Waals surface area contributed by atoms with E-state index < -0.39 is 12.1 Å². The van der Waals surface area contributed by atoms with Crippen molar-refractivity contribution in [3.63, 3.8) is 0 Å². The highest BCUT2D eigenvalue weighted by atomic mass is 19.1. The number of amides is 1. The Balaban J connectivity index is 1.83. The summed E-state index contributed by atoms with van der Waals surface area (Å²) in [4.78, 5) is 11.7. The number of carbonyl (C=O) groups excluding carboxylic acids is 1. The van der Waals surface area contributed by atoms with Crippen LogP contribution < -0.4 is 5.32 Å². The molecule has 2 rings (SSSR count). The predicted molar refractivity (Wildman–Crippen MR) is 80.7 cm³/mol. The van der Waals surface area contributed by atoms with E-state index >= 15 is 0 Å². The molecule has 116 valence electrons. The Hall–Kier alpha value is -2.40. The van der Waals surface area contributed by atoms with Crippen LogP contribution in [0.1, 0.15) is 11.1 Å². The molecule has 0 unspecified atom stereocenters. The molecule has 0 aliphatic heterocycles. The van der Waals surface area contributed by atoms with Crippen LogP contribution >= 0.6 is 0 Å². The first-order valence-corrected chi connectivity index (χ1v) is 7.00. The number of halogens is 1. The van der Waals surface area contributed by atoms with Crippen LogP contribution in [0.3, 0.4) is 0 Å². The minimum atomic E-state index is -0.612. The van der Waals surface area contributed by atoms with Gasteiger partial charge in [0.05, 0.1) is 12.6 Å². The Morgan fingerprint density at radius 2 is 1.86 bits per heavy atom. The lowest BCUT2D eigenvalue weighted by molar-refractivity contribution is 0.129. The summed E-state index contributed by atoms with van der Waals surface area (Å²) in [5.41, 5.74) is 1.57. The zero-order valence-electron chi connectivity index (χ0n) is 12.0. The second kappa shape index (κ2) is 8.14. The number of hydrogen-bond acceptors (Lipinski definition) is 3. The minimum absolute atomic E-state index is 0.158. The van der Waals surface area contributed by atoms with Gasteiger partial charge in [0.15, 0.2) is 0 Å². The maximum absolute atomic E-state index is 13.1. The fraction of sp³-hybridized carbons (Fsp3) is 0.235. The average Bonchev–Trinajstić information content (AvgIpc) is 2.53. The third kappa shape index (κ3) is 5.18. The van der Waals surface area contributed by atoms with E-state index in [4.69, 9.17) is 4.74 Å². The summed E-state index contributed by atoms with van der Waals surface area (Å²) in [7, 11) is 0. The second-order valence-corrected chi connectivity index (χ2v) is 4.92. The summed E-state index contributed by atoms with van der Waals surface area (Å²) >= 11 is 0. The van der Waals surface area contributed by atoms with Crippen molar-refractivity contribution in [2.45, 2.75) is 19.1 Å².